The molecule has 0 aliphatic heterocycles. The van der Waals surface area contributed by atoms with Crippen LogP contribution in [0.25, 0.3) is 11.5 Å². The summed E-state index contributed by atoms with van der Waals surface area (Å²) in [5.74, 6) is 1.33. The van der Waals surface area contributed by atoms with Crippen LogP contribution in [0.3, 0.4) is 0 Å². The Kier molecular flexibility index (Phi) is 3.75. The van der Waals surface area contributed by atoms with Gasteiger partial charge in [0, 0.05) is 16.5 Å². The second-order valence-corrected chi connectivity index (χ2v) is 5.74. The van der Waals surface area contributed by atoms with Crippen molar-refractivity contribution in [1.82, 2.24) is 10.1 Å². The van der Waals surface area contributed by atoms with Gasteiger partial charge >= 0.3 is 0 Å². The van der Waals surface area contributed by atoms with Crippen molar-refractivity contribution in [3.8, 4) is 17.2 Å². The Bertz CT molecular complexity index is 783. The van der Waals surface area contributed by atoms with Gasteiger partial charge in [-0.15, -0.1) is 0 Å². The topological polar surface area (TPSA) is 59.2 Å². The van der Waals surface area contributed by atoms with Gasteiger partial charge in [-0.25, -0.2) is 0 Å². The van der Waals surface area contributed by atoms with Crippen LogP contribution in [0.4, 0.5) is 0 Å². The zero-order valence-electron chi connectivity index (χ0n) is 11.4. The highest BCUT2D eigenvalue weighted by Gasteiger charge is 2.12. The molecule has 2 aromatic carbocycles. The molecule has 0 radical (unpaired) electrons. The summed E-state index contributed by atoms with van der Waals surface area (Å²) in [4.78, 5) is 4.42. The maximum Gasteiger partial charge on any atom is 0.258 e. The Morgan fingerprint density at radius 3 is 2.81 bits per heavy atom. The predicted octanol–water partition coefficient (Wildman–Crippen LogP) is 4.10. The Hall–Kier alpha value is -2.14. The van der Waals surface area contributed by atoms with Crippen molar-refractivity contribution in [1.29, 1.82) is 0 Å². The second-order valence-electron chi connectivity index (χ2n) is 4.82. The number of rotatable bonds is 3. The molecule has 106 valence electrons. The molecule has 0 saturated carbocycles. The number of hydrogen-bond acceptors (Lipinski definition) is 4. The summed E-state index contributed by atoms with van der Waals surface area (Å²) < 4.78 is 6.35. The van der Waals surface area contributed by atoms with Crippen LogP contribution in [0.15, 0.2) is 51.5 Å². The predicted molar refractivity (Wildman–Crippen MR) is 83.1 cm³/mol. The van der Waals surface area contributed by atoms with Crippen molar-refractivity contribution in [3.63, 3.8) is 0 Å². The van der Waals surface area contributed by atoms with Crippen molar-refractivity contribution in [2.75, 3.05) is 0 Å². The fourth-order valence-electron chi connectivity index (χ4n) is 2.15. The maximum absolute atomic E-state index is 9.44. The van der Waals surface area contributed by atoms with Crippen molar-refractivity contribution in [2.45, 2.75) is 13.3 Å². The number of aryl methyl sites for hydroxylation is 1. The van der Waals surface area contributed by atoms with E-state index in [2.05, 4.69) is 26.1 Å². The Morgan fingerprint density at radius 2 is 2.05 bits per heavy atom. The van der Waals surface area contributed by atoms with Gasteiger partial charge in [-0.3, -0.25) is 0 Å². The van der Waals surface area contributed by atoms with Crippen molar-refractivity contribution >= 4 is 15.9 Å². The highest BCUT2D eigenvalue weighted by Crippen LogP contribution is 2.25. The van der Waals surface area contributed by atoms with Gasteiger partial charge in [-0.05, 0) is 48.4 Å². The van der Waals surface area contributed by atoms with Crippen molar-refractivity contribution in [2.24, 2.45) is 0 Å². The molecule has 0 unspecified atom stereocenters. The molecule has 3 rings (SSSR count). The highest BCUT2D eigenvalue weighted by atomic mass is 79.9. The lowest BCUT2D eigenvalue weighted by molar-refractivity contribution is 0.423. The number of aromatic nitrogens is 2. The summed E-state index contributed by atoms with van der Waals surface area (Å²) in [5.41, 5.74) is 2.84. The fourth-order valence-corrected chi connectivity index (χ4v) is 2.60. The molecule has 3 aromatic rings. The van der Waals surface area contributed by atoms with Gasteiger partial charge in [0.1, 0.15) is 5.75 Å². The number of halogens is 1. The molecule has 0 aliphatic carbocycles. The summed E-state index contributed by atoms with van der Waals surface area (Å²) in [7, 11) is 0. The zero-order valence-corrected chi connectivity index (χ0v) is 13.0. The molecule has 1 N–H and O–H groups in total. The smallest absolute Gasteiger partial charge is 0.258 e. The van der Waals surface area contributed by atoms with Crippen molar-refractivity contribution < 1.29 is 9.63 Å². The average molecular weight is 345 g/mol. The Labute approximate surface area is 130 Å². The largest absolute Gasteiger partial charge is 0.508 e. The maximum atomic E-state index is 9.44. The monoisotopic (exact) mass is 344 g/mol. The van der Waals surface area contributed by atoms with Crippen LogP contribution in [0.5, 0.6) is 5.75 Å². The molecule has 0 aliphatic rings. The SMILES string of the molecule is Cc1cc(O)ccc1-c1nc(Cc2cccc(Br)c2)no1. The fraction of sp³-hybridized carbons (Fsp3) is 0.125. The normalized spacial score (nSPS) is 10.8. The lowest BCUT2D eigenvalue weighted by atomic mass is 10.1. The lowest BCUT2D eigenvalue weighted by Gasteiger charge is -2.00. The van der Waals surface area contributed by atoms with E-state index in [0.29, 0.717) is 18.1 Å². The van der Waals surface area contributed by atoms with Crippen LogP contribution >= 0.6 is 15.9 Å². The summed E-state index contributed by atoms with van der Waals surface area (Å²) in [6, 6.07) is 13.1. The van der Waals surface area contributed by atoms with E-state index in [1.165, 1.54) is 0 Å². The second kappa shape index (κ2) is 5.69. The Balaban J connectivity index is 1.86. The molecule has 21 heavy (non-hydrogen) atoms. The third-order valence-electron chi connectivity index (χ3n) is 3.16. The van der Waals surface area contributed by atoms with Crippen LogP contribution in [-0.2, 0) is 6.42 Å². The number of hydrogen-bond donors (Lipinski definition) is 1. The molecule has 1 aromatic heterocycles. The number of benzene rings is 2. The van der Waals surface area contributed by atoms with Crippen LogP contribution in [0.2, 0.25) is 0 Å². The quantitative estimate of drug-likeness (QED) is 0.776. The summed E-state index contributed by atoms with van der Waals surface area (Å²) in [6.07, 6.45) is 0.611. The molecule has 1 heterocycles. The number of nitrogens with zero attached hydrogens (tertiary/aromatic N) is 2. The van der Waals surface area contributed by atoms with E-state index in [1.807, 2.05) is 31.2 Å². The van der Waals surface area contributed by atoms with E-state index in [-0.39, 0.29) is 5.75 Å². The first-order valence-electron chi connectivity index (χ1n) is 6.49. The van der Waals surface area contributed by atoms with Gasteiger partial charge in [-0.1, -0.05) is 33.2 Å². The number of aromatic hydroxyl groups is 1. The number of phenols is 1. The third-order valence-corrected chi connectivity index (χ3v) is 3.65. The van der Waals surface area contributed by atoms with Crippen LogP contribution in [0.1, 0.15) is 17.0 Å². The lowest BCUT2D eigenvalue weighted by Crippen LogP contribution is -1.91. The van der Waals surface area contributed by atoms with Gasteiger partial charge in [0.15, 0.2) is 5.82 Å². The van der Waals surface area contributed by atoms with Crippen molar-refractivity contribution in [3.05, 3.63) is 63.9 Å². The molecule has 0 amide bonds. The summed E-state index contributed by atoms with van der Waals surface area (Å²) in [6.45, 7) is 1.90. The van der Waals surface area contributed by atoms with Crippen LogP contribution in [-0.4, -0.2) is 15.2 Å². The standard InChI is InChI=1S/C16H13BrN2O2/c1-10-7-13(20)5-6-14(10)16-18-15(19-21-16)9-11-3-2-4-12(17)8-11/h2-8,20H,9H2,1H3. The van der Waals surface area contributed by atoms with E-state index in [9.17, 15) is 5.11 Å². The molecule has 0 bridgehead atoms. The van der Waals surface area contributed by atoms with Gasteiger partial charge in [0.05, 0.1) is 0 Å². The van der Waals surface area contributed by atoms with Crippen LogP contribution < -0.4 is 0 Å². The first-order chi connectivity index (χ1) is 10.1. The Morgan fingerprint density at radius 1 is 1.19 bits per heavy atom. The number of phenolic OH excluding ortho intramolecular Hbond substituents is 1. The molecule has 0 fully saturated rings. The highest BCUT2D eigenvalue weighted by molar-refractivity contribution is 9.10. The summed E-state index contributed by atoms with van der Waals surface area (Å²) >= 11 is 3.45. The van der Waals surface area contributed by atoms with Gasteiger partial charge in [0.25, 0.3) is 5.89 Å². The minimum Gasteiger partial charge on any atom is -0.508 e. The molecular weight excluding hydrogens is 332 g/mol. The van der Waals surface area contributed by atoms with Gasteiger partial charge in [-0.2, -0.15) is 4.98 Å². The first kappa shape index (κ1) is 13.8. The van der Waals surface area contributed by atoms with E-state index >= 15 is 0 Å². The average Bonchev–Trinajstić information content (AvgIpc) is 2.87. The molecule has 0 saturated heterocycles. The molecule has 5 heteroatoms. The van der Waals surface area contributed by atoms with E-state index < -0.39 is 0 Å². The molecular formula is C16H13BrN2O2. The molecule has 4 nitrogen and oxygen atoms in total. The molecule has 0 atom stereocenters. The van der Waals surface area contributed by atoms with Crippen LogP contribution in [0, 0.1) is 6.92 Å². The van der Waals surface area contributed by atoms with E-state index in [4.69, 9.17) is 4.52 Å². The third kappa shape index (κ3) is 3.13. The van der Waals surface area contributed by atoms with Gasteiger partial charge in [0.2, 0.25) is 0 Å². The van der Waals surface area contributed by atoms with Gasteiger partial charge < -0.3 is 9.63 Å². The summed E-state index contributed by atoms with van der Waals surface area (Å²) in [5, 5.41) is 13.5. The van der Waals surface area contributed by atoms with E-state index in [1.54, 1.807) is 18.2 Å². The van der Waals surface area contributed by atoms with E-state index in [0.717, 1.165) is 21.2 Å². The minimum absolute atomic E-state index is 0.227. The first-order valence-corrected chi connectivity index (χ1v) is 7.28. The molecule has 0 spiro atoms. The minimum atomic E-state index is 0.227. The zero-order chi connectivity index (χ0) is 14.8.